The number of nitrogens with zero attached hydrogens (tertiary/aromatic N) is 3. The number of benzene rings is 1. The Kier molecular flexibility index (Phi) is 7.18. The molecule has 0 spiro atoms. The summed E-state index contributed by atoms with van der Waals surface area (Å²) in [5, 5.41) is 13.6. The highest BCUT2D eigenvalue weighted by atomic mass is 16.6. The van der Waals surface area contributed by atoms with Crippen LogP contribution < -0.4 is 5.32 Å². The third-order valence-corrected chi connectivity index (χ3v) is 4.88. The molecule has 0 unspecified atom stereocenters. The van der Waals surface area contributed by atoms with E-state index in [1.807, 2.05) is 14.0 Å². The Morgan fingerprint density at radius 2 is 1.69 bits per heavy atom. The molecule has 0 bridgehead atoms. The Morgan fingerprint density at radius 3 is 2.17 bits per heavy atom. The van der Waals surface area contributed by atoms with Crippen molar-refractivity contribution in [2.24, 2.45) is 0 Å². The molecule has 29 heavy (non-hydrogen) atoms. The lowest BCUT2D eigenvalue weighted by Crippen LogP contribution is -2.56. The largest absolute Gasteiger partial charge is 0.444 e. The van der Waals surface area contributed by atoms with Crippen molar-refractivity contribution in [2.45, 2.75) is 45.3 Å². The minimum absolute atomic E-state index is 0.0250. The molecule has 1 fully saturated rings. The van der Waals surface area contributed by atoms with Crippen LogP contribution in [0.1, 0.15) is 39.2 Å². The highest BCUT2D eigenvalue weighted by Crippen LogP contribution is 2.24. The Labute approximate surface area is 171 Å². The minimum Gasteiger partial charge on any atom is -0.444 e. The van der Waals surface area contributed by atoms with Crippen molar-refractivity contribution in [3.05, 3.63) is 39.9 Å². The van der Waals surface area contributed by atoms with Gasteiger partial charge in [0.05, 0.1) is 4.92 Å². The van der Waals surface area contributed by atoms with E-state index in [4.69, 9.17) is 4.74 Å². The number of amides is 2. The molecule has 9 nitrogen and oxygen atoms in total. The number of piperazine rings is 1. The van der Waals surface area contributed by atoms with E-state index in [0.29, 0.717) is 13.1 Å². The number of nitro benzene ring substituents is 1. The predicted octanol–water partition coefficient (Wildman–Crippen LogP) is 2.37. The normalized spacial score (nSPS) is 17.3. The maximum atomic E-state index is 13.2. The van der Waals surface area contributed by atoms with Gasteiger partial charge in [-0.2, -0.15) is 0 Å². The number of alkyl carbamates (subject to hydrolysis) is 1. The summed E-state index contributed by atoms with van der Waals surface area (Å²) in [5.74, 6) is -0.578. The van der Waals surface area contributed by atoms with E-state index >= 15 is 0 Å². The van der Waals surface area contributed by atoms with Gasteiger partial charge in [0.1, 0.15) is 11.6 Å². The molecule has 2 rings (SSSR count). The smallest absolute Gasteiger partial charge is 0.408 e. The summed E-state index contributed by atoms with van der Waals surface area (Å²) >= 11 is 0. The monoisotopic (exact) mass is 406 g/mol. The molecule has 0 saturated carbocycles. The van der Waals surface area contributed by atoms with Crippen LogP contribution in [0, 0.1) is 10.1 Å². The lowest BCUT2D eigenvalue weighted by molar-refractivity contribution is -0.384. The van der Waals surface area contributed by atoms with Crippen molar-refractivity contribution in [3.63, 3.8) is 0 Å². The van der Waals surface area contributed by atoms with Crippen LogP contribution in [-0.2, 0) is 9.53 Å². The molecule has 9 heteroatoms. The molecule has 0 aromatic heterocycles. The van der Waals surface area contributed by atoms with E-state index in [0.717, 1.165) is 18.7 Å². The maximum Gasteiger partial charge on any atom is 0.408 e. The number of nitrogens with one attached hydrogen (secondary N) is 1. The van der Waals surface area contributed by atoms with Crippen molar-refractivity contribution in [2.75, 3.05) is 33.2 Å². The van der Waals surface area contributed by atoms with Crippen molar-refractivity contribution in [3.8, 4) is 0 Å². The van der Waals surface area contributed by atoms with E-state index < -0.39 is 28.6 Å². The quantitative estimate of drug-likeness (QED) is 0.594. The average molecular weight is 406 g/mol. The number of non-ortho nitro benzene ring substituents is 1. The molecule has 1 aliphatic heterocycles. The van der Waals surface area contributed by atoms with Crippen molar-refractivity contribution in [1.82, 2.24) is 15.1 Å². The number of hydrogen-bond acceptors (Lipinski definition) is 6. The van der Waals surface area contributed by atoms with Crippen LogP contribution in [0.25, 0.3) is 0 Å². The second kappa shape index (κ2) is 9.21. The van der Waals surface area contributed by atoms with Gasteiger partial charge in [-0.25, -0.2) is 4.79 Å². The van der Waals surface area contributed by atoms with Crippen molar-refractivity contribution >= 4 is 17.7 Å². The second-order valence-corrected chi connectivity index (χ2v) is 8.39. The molecule has 2 atom stereocenters. The molecule has 1 heterocycles. The van der Waals surface area contributed by atoms with Crippen LogP contribution in [0.5, 0.6) is 0 Å². The summed E-state index contributed by atoms with van der Waals surface area (Å²) in [4.78, 5) is 39.9. The summed E-state index contributed by atoms with van der Waals surface area (Å²) in [6.07, 6.45) is -0.668. The Hall–Kier alpha value is -2.68. The zero-order chi connectivity index (χ0) is 21.8. The molecular weight excluding hydrogens is 376 g/mol. The highest BCUT2D eigenvalue weighted by Gasteiger charge is 2.34. The highest BCUT2D eigenvalue weighted by molar-refractivity contribution is 5.87. The zero-order valence-electron chi connectivity index (χ0n) is 17.7. The van der Waals surface area contributed by atoms with Crippen LogP contribution in [0.15, 0.2) is 24.3 Å². The van der Waals surface area contributed by atoms with Crippen LogP contribution in [0.4, 0.5) is 10.5 Å². The standard InChI is InChI=1S/C20H30N4O5/c1-14(15-6-8-16(9-7-15)24(27)28)17(21-19(26)29-20(2,3)4)18(25)23-12-10-22(5)11-13-23/h6-9,14,17H,10-13H2,1-5H3,(H,21,26)/t14-,17+/m0/s1. The summed E-state index contributed by atoms with van der Waals surface area (Å²) in [7, 11) is 2.00. The van der Waals surface area contributed by atoms with E-state index in [9.17, 15) is 19.7 Å². The lowest BCUT2D eigenvalue weighted by Gasteiger charge is -2.36. The fraction of sp³-hybridized carbons (Fsp3) is 0.600. The number of carbonyl (C=O) groups excluding carboxylic acids is 2. The number of hydrogen-bond donors (Lipinski definition) is 1. The maximum absolute atomic E-state index is 13.2. The first-order valence-corrected chi connectivity index (χ1v) is 9.69. The molecule has 1 aromatic rings. The fourth-order valence-corrected chi connectivity index (χ4v) is 3.15. The van der Waals surface area contributed by atoms with Crippen molar-refractivity contribution in [1.29, 1.82) is 0 Å². The van der Waals surface area contributed by atoms with Gasteiger partial charge in [0, 0.05) is 44.2 Å². The van der Waals surface area contributed by atoms with Crippen molar-refractivity contribution < 1.29 is 19.2 Å². The predicted molar refractivity (Wildman–Crippen MR) is 109 cm³/mol. The molecule has 1 saturated heterocycles. The molecule has 0 radical (unpaired) electrons. The number of likely N-dealkylation sites (N-methyl/N-ethyl adjacent to an activating group) is 1. The summed E-state index contributed by atoms with van der Waals surface area (Å²) in [5.41, 5.74) is 0.00407. The van der Waals surface area contributed by atoms with Gasteiger partial charge in [0.2, 0.25) is 5.91 Å². The molecule has 160 valence electrons. The van der Waals surface area contributed by atoms with Gasteiger partial charge < -0.3 is 19.9 Å². The van der Waals surface area contributed by atoms with Gasteiger partial charge >= 0.3 is 6.09 Å². The topological polar surface area (TPSA) is 105 Å². The second-order valence-electron chi connectivity index (χ2n) is 8.39. The van der Waals surface area contributed by atoms with Crippen LogP contribution in [-0.4, -0.2) is 71.6 Å². The Morgan fingerprint density at radius 1 is 1.14 bits per heavy atom. The summed E-state index contributed by atoms with van der Waals surface area (Å²) in [6.45, 7) is 9.76. The molecule has 2 amide bonds. The van der Waals surface area contributed by atoms with Crippen LogP contribution in [0.2, 0.25) is 0 Å². The van der Waals surface area contributed by atoms with Gasteiger partial charge in [-0.05, 0) is 33.4 Å². The first-order valence-electron chi connectivity index (χ1n) is 9.69. The third-order valence-electron chi connectivity index (χ3n) is 4.88. The molecule has 1 N–H and O–H groups in total. The Bertz CT molecular complexity index is 736. The fourth-order valence-electron chi connectivity index (χ4n) is 3.15. The van der Waals surface area contributed by atoms with E-state index in [2.05, 4.69) is 10.2 Å². The number of rotatable bonds is 5. The number of ether oxygens (including phenoxy) is 1. The van der Waals surface area contributed by atoms with Crippen LogP contribution in [0.3, 0.4) is 0 Å². The first-order chi connectivity index (χ1) is 13.5. The lowest BCUT2D eigenvalue weighted by atomic mass is 9.92. The molecule has 1 aromatic carbocycles. The summed E-state index contributed by atoms with van der Waals surface area (Å²) < 4.78 is 5.34. The number of nitro groups is 1. The first kappa shape index (κ1) is 22.6. The minimum atomic E-state index is -0.838. The van der Waals surface area contributed by atoms with Gasteiger partial charge in [0.15, 0.2) is 0 Å². The van der Waals surface area contributed by atoms with Gasteiger partial charge in [-0.3, -0.25) is 14.9 Å². The average Bonchev–Trinajstić information content (AvgIpc) is 2.64. The Balaban J connectivity index is 2.23. The van der Waals surface area contributed by atoms with Gasteiger partial charge in [0.25, 0.3) is 5.69 Å². The molecule has 0 aliphatic carbocycles. The molecular formula is C20H30N4O5. The van der Waals surface area contributed by atoms with Gasteiger partial charge in [-0.1, -0.05) is 19.1 Å². The van der Waals surface area contributed by atoms with E-state index in [-0.39, 0.29) is 11.6 Å². The SMILES string of the molecule is C[C@@H](c1ccc([N+](=O)[O-])cc1)[C@@H](NC(=O)OC(C)(C)C)C(=O)N1CCN(C)CC1. The summed E-state index contributed by atoms with van der Waals surface area (Å²) in [6, 6.07) is 5.19. The van der Waals surface area contributed by atoms with Gasteiger partial charge in [-0.15, -0.1) is 0 Å². The number of carbonyl (C=O) groups is 2. The third kappa shape index (κ3) is 6.42. The van der Waals surface area contributed by atoms with E-state index in [1.165, 1.54) is 12.1 Å². The van der Waals surface area contributed by atoms with Crippen LogP contribution >= 0.6 is 0 Å². The molecule has 1 aliphatic rings. The zero-order valence-corrected chi connectivity index (χ0v) is 17.7. The van der Waals surface area contributed by atoms with E-state index in [1.54, 1.807) is 37.8 Å².